The van der Waals surface area contributed by atoms with Crippen LogP contribution in [0.25, 0.3) is 0 Å². The van der Waals surface area contributed by atoms with E-state index in [2.05, 4.69) is 13.8 Å². The zero-order valence-electron chi connectivity index (χ0n) is 7.67. The lowest BCUT2D eigenvalue weighted by molar-refractivity contribution is -0.110. The average molecular weight is 158 g/mol. The lowest BCUT2D eigenvalue weighted by atomic mass is 9.97. The van der Waals surface area contributed by atoms with Crippen LogP contribution in [0.3, 0.4) is 0 Å². The van der Waals surface area contributed by atoms with Crippen molar-refractivity contribution in [3.8, 4) is 0 Å². The summed E-state index contributed by atoms with van der Waals surface area (Å²) in [6.45, 7) is 4.27. The number of aldehydes is 1. The van der Waals surface area contributed by atoms with E-state index in [-0.39, 0.29) is 6.10 Å². The first-order valence-electron chi connectivity index (χ1n) is 4.22. The molecule has 2 heteroatoms. The summed E-state index contributed by atoms with van der Waals surface area (Å²) in [4.78, 5) is 10.2. The minimum absolute atomic E-state index is 0.118. The maximum atomic E-state index is 10.2. The smallest absolute Gasteiger partial charge is 0.122 e. The Morgan fingerprint density at radius 2 is 2.18 bits per heavy atom. The topological polar surface area (TPSA) is 26.3 Å². The van der Waals surface area contributed by atoms with Crippen LogP contribution in [0.2, 0.25) is 0 Å². The standard InChI is InChI=1S/C9H18O2/c1-4-5-8(2)9(11-3)6-7-10/h7-9H,4-6H2,1-3H3. The molecule has 0 aliphatic carbocycles. The molecule has 0 aromatic rings. The van der Waals surface area contributed by atoms with Gasteiger partial charge in [-0.2, -0.15) is 0 Å². The van der Waals surface area contributed by atoms with Crippen molar-refractivity contribution >= 4 is 6.29 Å². The van der Waals surface area contributed by atoms with Gasteiger partial charge in [-0.25, -0.2) is 0 Å². The summed E-state index contributed by atoms with van der Waals surface area (Å²) < 4.78 is 5.17. The third kappa shape index (κ3) is 4.14. The van der Waals surface area contributed by atoms with Gasteiger partial charge in [-0.3, -0.25) is 0 Å². The molecule has 0 aromatic carbocycles. The quantitative estimate of drug-likeness (QED) is 0.553. The van der Waals surface area contributed by atoms with Crippen molar-refractivity contribution in [2.24, 2.45) is 5.92 Å². The minimum Gasteiger partial charge on any atom is -0.381 e. The molecule has 0 saturated heterocycles. The zero-order chi connectivity index (χ0) is 8.69. The van der Waals surface area contributed by atoms with E-state index in [1.165, 1.54) is 0 Å². The average Bonchev–Trinajstić information content (AvgIpc) is 2.00. The Hall–Kier alpha value is -0.370. The van der Waals surface area contributed by atoms with Gasteiger partial charge in [0.1, 0.15) is 6.29 Å². The molecule has 0 rings (SSSR count). The molecule has 0 amide bonds. The van der Waals surface area contributed by atoms with Crippen molar-refractivity contribution in [2.45, 2.75) is 39.2 Å². The fraction of sp³-hybridized carbons (Fsp3) is 0.889. The molecule has 0 aliphatic rings. The molecular weight excluding hydrogens is 140 g/mol. The van der Waals surface area contributed by atoms with Crippen LogP contribution in [-0.2, 0) is 9.53 Å². The first-order valence-corrected chi connectivity index (χ1v) is 4.22. The van der Waals surface area contributed by atoms with Crippen LogP contribution < -0.4 is 0 Å². The van der Waals surface area contributed by atoms with Crippen LogP contribution >= 0.6 is 0 Å². The van der Waals surface area contributed by atoms with Crippen molar-refractivity contribution in [3.05, 3.63) is 0 Å². The normalized spacial score (nSPS) is 15.9. The van der Waals surface area contributed by atoms with Crippen LogP contribution in [0.5, 0.6) is 0 Å². The number of carbonyl (C=O) groups excluding carboxylic acids is 1. The second kappa shape index (κ2) is 6.35. The molecule has 2 unspecified atom stereocenters. The lowest BCUT2D eigenvalue weighted by Gasteiger charge is -2.19. The molecule has 11 heavy (non-hydrogen) atoms. The number of carbonyl (C=O) groups is 1. The van der Waals surface area contributed by atoms with E-state index in [9.17, 15) is 4.79 Å². The molecule has 0 N–H and O–H groups in total. The number of methoxy groups -OCH3 is 1. The highest BCUT2D eigenvalue weighted by Gasteiger charge is 2.14. The molecule has 2 atom stereocenters. The zero-order valence-corrected chi connectivity index (χ0v) is 7.67. The highest BCUT2D eigenvalue weighted by Crippen LogP contribution is 2.14. The molecule has 0 radical (unpaired) electrons. The Morgan fingerprint density at radius 3 is 2.55 bits per heavy atom. The predicted molar refractivity (Wildman–Crippen MR) is 45.6 cm³/mol. The molecule has 0 spiro atoms. The van der Waals surface area contributed by atoms with Gasteiger partial charge in [-0.05, 0) is 12.3 Å². The minimum atomic E-state index is 0.118. The summed E-state index contributed by atoms with van der Waals surface area (Å²) in [5.74, 6) is 0.496. The maximum absolute atomic E-state index is 10.2. The summed E-state index contributed by atoms with van der Waals surface area (Å²) in [5, 5.41) is 0. The monoisotopic (exact) mass is 158 g/mol. The van der Waals surface area contributed by atoms with Gasteiger partial charge in [0.25, 0.3) is 0 Å². The van der Waals surface area contributed by atoms with Gasteiger partial charge < -0.3 is 9.53 Å². The van der Waals surface area contributed by atoms with Crippen molar-refractivity contribution < 1.29 is 9.53 Å². The van der Waals surface area contributed by atoms with E-state index >= 15 is 0 Å². The van der Waals surface area contributed by atoms with Crippen LogP contribution in [0.15, 0.2) is 0 Å². The molecule has 0 bridgehead atoms. The van der Waals surface area contributed by atoms with E-state index in [4.69, 9.17) is 4.74 Å². The van der Waals surface area contributed by atoms with Crippen molar-refractivity contribution in [3.63, 3.8) is 0 Å². The van der Waals surface area contributed by atoms with Crippen molar-refractivity contribution in [1.29, 1.82) is 0 Å². The van der Waals surface area contributed by atoms with Gasteiger partial charge in [0.2, 0.25) is 0 Å². The summed E-state index contributed by atoms with van der Waals surface area (Å²) >= 11 is 0. The summed E-state index contributed by atoms with van der Waals surface area (Å²) in [6, 6.07) is 0. The first-order chi connectivity index (χ1) is 5.26. The van der Waals surface area contributed by atoms with E-state index in [0.29, 0.717) is 12.3 Å². The van der Waals surface area contributed by atoms with E-state index in [1.807, 2.05) is 0 Å². The Bertz CT molecular complexity index is 102. The third-order valence-corrected chi connectivity index (χ3v) is 2.01. The van der Waals surface area contributed by atoms with Crippen LogP contribution in [0, 0.1) is 5.92 Å². The number of hydrogen-bond donors (Lipinski definition) is 0. The molecule has 0 saturated carbocycles. The van der Waals surface area contributed by atoms with Gasteiger partial charge in [0.05, 0.1) is 6.10 Å². The predicted octanol–water partition coefficient (Wildman–Crippen LogP) is 2.03. The van der Waals surface area contributed by atoms with Crippen molar-refractivity contribution in [1.82, 2.24) is 0 Å². The summed E-state index contributed by atoms with van der Waals surface area (Å²) in [5.41, 5.74) is 0. The Morgan fingerprint density at radius 1 is 1.55 bits per heavy atom. The first kappa shape index (κ1) is 10.6. The SMILES string of the molecule is CCCC(C)C(CC=O)OC. The lowest BCUT2D eigenvalue weighted by Crippen LogP contribution is -2.20. The molecule has 0 heterocycles. The number of rotatable bonds is 6. The Labute approximate surface area is 68.9 Å². The van der Waals surface area contributed by atoms with Gasteiger partial charge in [-0.1, -0.05) is 20.3 Å². The van der Waals surface area contributed by atoms with Crippen LogP contribution in [-0.4, -0.2) is 19.5 Å². The van der Waals surface area contributed by atoms with E-state index in [0.717, 1.165) is 19.1 Å². The van der Waals surface area contributed by atoms with E-state index < -0.39 is 0 Å². The van der Waals surface area contributed by atoms with Crippen LogP contribution in [0.1, 0.15) is 33.1 Å². The second-order valence-electron chi connectivity index (χ2n) is 2.94. The Balaban J connectivity index is 3.70. The largest absolute Gasteiger partial charge is 0.381 e. The summed E-state index contributed by atoms with van der Waals surface area (Å²) in [7, 11) is 1.67. The molecule has 0 fully saturated rings. The fourth-order valence-corrected chi connectivity index (χ4v) is 1.30. The highest BCUT2D eigenvalue weighted by atomic mass is 16.5. The van der Waals surface area contributed by atoms with Gasteiger partial charge in [0.15, 0.2) is 0 Å². The second-order valence-corrected chi connectivity index (χ2v) is 2.94. The van der Waals surface area contributed by atoms with Gasteiger partial charge in [0, 0.05) is 13.5 Å². The molecule has 0 aromatic heterocycles. The van der Waals surface area contributed by atoms with Gasteiger partial charge in [-0.15, -0.1) is 0 Å². The molecule has 2 nitrogen and oxygen atoms in total. The fourth-order valence-electron chi connectivity index (χ4n) is 1.30. The number of hydrogen-bond acceptors (Lipinski definition) is 2. The maximum Gasteiger partial charge on any atom is 0.122 e. The molecule has 0 aliphatic heterocycles. The van der Waals surface area contributed by atoms with Gasteiger partial charge >= 0.3 is 0 Å². The van der Waals surface area contributed by atoms with Crippen molar-refractivity contribution in [2.75, 3.05) is 7.11 Å². The summed E-state index contributed by atoms with van der Waals surface area (Å²) in [6.07, 6.45) is 3.86. The van der Waals surface area contributed by atoms with E-state index in [1.54, 1.807) is 7.11 Å². The molecule has 66 valence electrons. The Kier molecular flexibility index (Phi) is 6.13. The molecular formula is C9H18O2. The number of ether oxygens (including phenoxy) is 1. The highest BCUT2D eigenvalue weighted by molar-refractivity contribution is 5.50. The van der Waals surface area contributed by atoms with Crippen LogP contribution in [0.4, 0.5) is 0 Å². The third-order valence-electron chi connectivity index (χ3n) is 2.01.